The largest absolute Gasteiger partial charge is 0.330 e. The number of halogens is 2. The lowest BCUT2D eigenvalue weighted by molar-refractivity contribution is 0.634. The quantitative estimate of drug-likeness (QED) is 0.671. The van der Waals surface area contributed by atoms with Crippen molar-refractivity contribution in [3.63, 3.8) is 0 Å². The molecule has 2 rings (SSSR count). The molecule has 0 atom stereocenters. The Balaban J connectivity index is 2.42. The molecule has 0 saturated heterocycles. The predicted octanol–water partition coefficient (Wildman–Crippen LogP) is 3.57. The SMILES string of the molecule is Cc1cc(CCCCN)nc2c(F)cc(I)cc12. The summed E-state index contributed by atoms with van der Waals surface area (Å²) in [6, 6.07) is 5.55. The fourth-order valence-electron chi connectivity index (χ4n) is 2.06. The first-order valence-electron chi connectivity index (χ1n) is 6.07. The summed E-state index contributed by atoms with van der Waals surface area (Å²) in [4.78, 5) is 4.43. The normalized spacial score (nSPS) is 11.1. The second kappa shape index (κ2) is 5.93. The first-order valence-corrected chi connectivity index (χ1v) is 7.15. The number of nitrogens with two attached hydrogens (primary N) is 1. The molecule has 0 aliphatic carbocycles. The lowest BCUT2D eigenvalue weighted by Crippen LogP contribution is -2.01. The molecule has 2 nitrogen and oxygen atoms in total. The summed E-state index contributed by atoms with van der Waals surface area (Å²) in [6.45, 7) is 2.70. The Labute approximate surface area is 120 Å². The van der Waals surface area contributed by atoms with E-state index in [0.717, 1.165) is 39.5 Å². The van der Waals surface area contributed by atoms with Gasteiger partial charge < -0.3 is 5.73 Å². The fourth-order valence-corrected chi connectivity index (χ4v) is 2.65. The van der Waals surface area contributed by atoms with E-state index < -0.39 is 0 Å². The van der Waals surface area contributed by atoms with Crippen molar-refractivity contribution in [2.75, 3.05) is 6.54 Å². The van der Waals surface area contributed by atoms with E-state index in [2.05, 4.69) is 27.6 Å². The molecule has 2 N–H and O–H groups in total. The first-order chi connectivity index (χ1) is 8.61. The van der Waals surface area contributed by atoms with Crippen molar-refractivity contribution < 1.29 is 4.39 Å². The Bertz CT molecular complexity index is 569. The van der Waals surface area contributed by atoms with Gasteiger partial charge in [0.15, 0.2) is 0 Å². The van der Waals surface area contributed by atoms with Crippen molar-refractivity contribution in [2.24, 2.45) is 5.73 Å². The van der Waals surface area contributed by atoms with E-state index in [9.17, 15) is 4.39 Å². The zero-order chi connectivity index (χ0) is 13.1. The second-order valence-electron chi connectivity index (χ2n) is 4.46. The molecule has 1 aromatic carbocycles. The minimum absolute atomic E-state index is 0.235. The van der Waals surface area contributed by atoms with E-state index in [1.54, 1.807) is 0 Å². The van der Waals surface area contributed by atoms with Gasteiger partial charge in [-0.1, -0.05) is 0 Å². The molecule has 18 heavy (non-hydrogen) atoms. The number of hydrogen-bond donors (Lipinski definition) is 1. The van der Waals surface area contributed by atoms with Crippen LogP contribution in [-0.4, -0.2) is 11.5 Å². The van der Waals surface area contributed by atoms with Crippen LogP contribution < -0.4 is 5.73 Å². The van der Waals surface area contributed by atoms with E-state index in [1.165, 1.54) is 6.07 Å². The zero-order valence-electron chi connectivity index (χ0n) is 10.3. The Hall–Kier alpha value is -0.750. The highest BCUT2D eigenvalue weighted by Gasteiger charge is 2.08. The number of fused-ring (bicyclic) bond motifs is 1. The minimum Gasteiger partial charge on any atom is -0.330 e. The second-order valence-corrected chi connectivity index (χ2v) is 5.71. The average Bonchev–Trinajstić information content (AvgIpc) is 2.31. The summed E-state index contributed by atoms with van der Waals surface area (Å²) in [7, 11) is 0. The lowest BCUT2D eigenvalue weighted by Gasteiger charge is -2.08. The van der Waals surface area contributed by atoms with Crippen LogP contribution in [0.4, 0.5) is 4.39 Å². The lowest BCUT2D eigenvalue weighted by atomic mass is 10.1. The molecule has 0 amide bonds. The maximum Gasteiger partial charge on any atom is 0.150 e. The minimum atomic E-state index is -0.235. The van der Waals surface area contributed by atoms with Crippen molar-refractivity contribution in [1.29, 1.82) is 0 Å². The van der Waals surface area contributed by atoms with Crippen LogP contribution in [0, 0.1) is 16.3 Å². The molecule has 96 valence electrons. The molecule has 0 saturated carbocycles. The molecule has 0 radical (unpaired) electrons. The molecule has 4 heteroatoms. The molecular weight excluding hydrogens is 342 g/mol. The number of nitrogens with zero attached hydrogens (tertiary/aromatic N) is 1. The summed E-state index contributed by atoms with van der Waals surface area (Å²) in [6.07, 6.45) is 2.84. The van der Waals surface area contributed by atoms with Crippen LogP contribution in [0.25, 0.3) is 10.9 Å². The van der Waals surface area contributed by atoms with Crippen molar-refractivity contribution in [1.82, 2.24) is 4.98 Å². The fraction of sp³-hybridized carbons (Fsp3) is 0.357. The topological polar surface area (TPSA) is 38.9 Å². The Kier molecular flexibility index (Phi) is 4.50. The molecule has 0 spiro atoms. The van der Waals surface area contributed by atoms with Crippen LogP contribution in [-0.2, 0) is 6.42 Å². The Morgan fingerprint density at radius 1 is 1.28 bits per heavy atom. The molecule has 2 aromatic rings. The molecule has 1 heterocycles. The number of rotatable bonds is 4. The summed E-state index contributed by atoms with van der Waals surface area (Å²) < 4.78 is 14.8. The van der Waals surface area contributed by atoms with E-state index >= 15 is 0 Å². The number of aromatic nitrogens is 1. The van der Waals surface area contributed by atoms with Crippen molar-refractivity contribution >= 4 is 33.5 Å². The van der Waals surface area contributed by atoms with Crippen LogP contribution in [0.1, 0.15) is 24.1 Å². The maximum atomic E-state index is 13.9. The third-order valence-electron chi connectivity index (χ3n) is 2.98. The Morgan fingerprint density at radius 2 is 2.06 bits per heavy atom. The predicted molar refractivity (Wildman–Crippen MR) is 81.1 cm³/mol. The first kappa shape index (κ1) is 13.7. The third-order valence-corrected chi connectivity index (χ3v) is 3.60. The van der Waals surface area contributed by atoms with E-state index in [4.69, 9.17) is 5.73 Å². The summed E-state index contributed by atoms with van der Waals surface area (Å²) in [5.74, 6) is -0.235. The number of pyridine rings is 1. The van der Waals surface area contributed by atoms with E-state index in [-0.39, 0.29) is 5.82 Å². The molecule has 0 unspecified atom stereocenters. The van der Waals surface area contributed by atoms with Crippen LogP contribution >= 0.6 is 22.6 Å². The van der Waals surface area contributed by atoms with Gasteiger partial charge in [0.1, 0.15) is 11.3 Å². The number of hydrogen-bond acceptors (Lipinski definition) is 2. The van der Waals surface area contributed by atoms with Gasteiger partial charge in [0.05, 0.1) is 0 Å². The van der Waals surface area contributed by atoms with Crippen LogP contribution in [0.15, 0.2) is 18.2 Å². The standard InChI is InChI=1S/C14H16FIN2/c1-9-6-11(4-2-3-5-17)18-14-12(9)7-10(16)8-13(14)15/h6-8H,2-5,17H2,1H3. The third kappa shape index (κ3) is 2.98. The van der Waals surface area contributed by atoms with Gasteiger partial charge in [-0.15, -0.1) is 0 Å². The smallest absolute Gasteiger partial charge is 0.150 e. The van der Waals surface area contributed by atoms with Gasteiger partial charge in [-0.25, -0.2) is 9.37 Å². The van der Waals surface area contributed by atoms with Gasteiger partial charge >= 0.3 is 0 Å². The monoisotopic (exact) mass is 358 g/mol. The summed E-state index contributed by atoms with van der Waals surface area (Å²) in [5, 5.41) is 0.905. The zero-order valence-corrected chi connectivity index (χ0v) is 12.5. The number of aryl methyl sites for hydroxylation is 2. The molecule has 0 aliphatic heterocycles. The summed E-state index contributed by atoms with van der Waals surface area (Å²) >= 11 is 2.12. The van der Waals surface area contributed by atoms with Crippen LogP contribution in [0.3, 0.4) is 0 Å². The van der Waals surface area contributed by atoms with E-state index in [1.807, 2.05) is 19.1 Å². The molecule has 0 fully saturated rings. The van der Waals surface area contributed by atoms with Gasteiger partial charge in [0.2, 0.25) is 0 Å². The van der Waals surface area contributed by atoms with Gasteiger partial charge in [-0.05, 0) is 79.1 Å². The van der Waals surface area contributed by atoms with Gasteiger partial charge in [-0.3, -0.25) is 0 Å². The highest BCUT2D eigenvalue weighted by Crippen LogP contribution is 2.23. The van der Waals surface area contributed by atoms with Gasteiger partial charge in [0, 0.05) is 14.7 Å². The average molecular weight is 358 g/mol. The van der Waals surface area contributed by atoms with Crippen molar-refractivity contribution in [3.8, 4) is 0 Å². The molecule has 0 bridgehead atoms. The summed E-state index contributed by atoms with van der Waals surface area (Å²) in [5.41, 5.74) is 7.99. The van der Waals surface area contributed by atoms with E-state index in [0.29, 0.717) is 12.1 Å². The molecule has 0 aliphatic rings. The number of benzene rings is 1. The maximum absolute atomic E-state index is 13.9. The molecule has 1 aromatic heterocycles. The highest BCUT2D eigenvalue weighted by atomic mass is 127. The van der Waals surface area contributed by atoms with Crippen LogP contribution in [0.5, 0.6) is 0 Å². The van der Waals surface area contributed by atoms with Gasteiger partial charge in [-0.2, -0.15) is 0 Å². The van der Waals surface area contributed by atoms with Crippen LogP contribution in [0.2, 0.25) is 0 Å². The highest BCUT2D eigenvalue weighted by molar-refractivity contribution is 14.1. The van der Waals surface area contributed by atoms with Crippen molar-refractivity contribution in [3.05, 3.63) is 38.8 Å². The number of unbranched alkanes of at least 4 members (excludes halogenated alkanes) is 1. The Morgan fingerprint density at radius 3 is 2.78 bits per heavy atom. The van der Waals surface area contributed by atoms with Crippen molar-refractivity contribution in [2.45, 2.75) is 26.2 Å². The molecular formula is C14H16FIN2. The van der Waals surface area contributed by atoms with Gasteiger partial charge in [0.25, 0.3) is 0 Å².